The molecule has 0 saturated heterocycles. The molecular weight excluding hydrogens is 530 g/mol. The number of methoxy groups -OCH3 is 2. The number of ether oxygens (including phenoxy) is 3. The molecule has 1 amide bonds. The normalized spacial score (nSPS) is 28.1. The second-order valence-electron chi connectivity index (χ2n) is 8.84. The van der Waals surface area contributed by atoms with Gasteiger partial charge in [0.05, 0.1) is 32.8 Å². The molecule has 2 aliphatic rings. The van der Waals surface area contributed by atoms with Crippen molar-refractivity contribution in [2.45, 2.75) is 23.2 Å². The number of aliphatic hydroxyl groups is 2. The fourth-order valence-corrected chi connectivity index (χ4v) is 6.09. The Morgan fingerprint density at radius 1 is 1.03 bits per heavy atom. The van der Waals surface area contributed by atoms with Crippen LogP contribution in [0.5, 0.6) is 17.2 Å². The number of hydroxylamine groups is 1. The molecule has 3 aromatic carbocycles. The van der Waals surface area contributed by atoms with E-state index in [9.17, 15) is 15.0 Å². The Labute approximate surface area is 216 Å². The quantitative estimate of drug-likeness (QED) is 0.400. The third-order valence-electron chi connectivity index (χ3n) is 7.22. The minimum Gasteiger partial charge on any atom is -0.496 e. The van der Waals surface area contributed by atoms with E-state index in [1.54, 1.807) is 12.1 Å². The largest absolute Gasteiger partial charge is 0.496 e. The summed E-state index contributed by atoms with van der Waals surface area (Å²) >= 11 is 3.47. The molecule has 0 unspecified atom stereocenters. The molecule has 0 aromatic heterocycles. The Kier molecular flexibility index (Phi) is 6.20. The monoisotopic (exact) mass is 555 g/mol. The molecule has 1 aliphatic carbocycles. The Bertz CT molecular complexity index is 1290. The van der Waals surface area contributed by atoms with Crippen molar-refractivity contribution in [1.29, 1.82) is 0 Å². The van der Waals surface area contributed by atoms with Crippen molar-refractivity contribution < 1.29 is 34.1 Å². The maximum atomic E-state index is 13.4. The number of aliphatic hydroxyl groups excluding tert-OH is 1. The molecule has 3 N–H and O–H groups in total. The summed E-state index contributed by atoms with van der Waals surface area (Å²) in [6, 6.07) is 19.8. The van der Waals surface area contributed by atoms with E-state index in [0.717, 1.165) is 4.47 Å². The summed E-state index contributed by atoms with van der Waals surface area (Å²) < 4.78 is 18.6. The van der Waals surface area contributed by atoms with Crippen LogP contribution in [-0.4, -0.2) is 43.6 Å². The summed E-state index contributed by atoms with van der Waals surface area (Å²) in [4.78, 5) is 18.3. The molecule has 8 nitrogen and oxygen atoms in total. The number of carbonyl (C=O) groups is 1. The molecule has 0 spiro atoms. The zero-order valence-electron chi connectivity index (χ0n) is 19.9. The topological polar surface area (TPSA) is 106 Å². The number of carbonyl (C=O) groups excluding carboxylic acids is 1. The van der Waals surface area contributed by atoms with Crippen molar-refractivity contribution in [2.75, 3.05) is 21.3 Å². The van der Waals surface area contributed by atoms with E-state index < -0.39 is 35.0 Å². The molecule has 5 rings (SSSR count). The first-order chi connectivity index (χ1) is 17.3. The van der Waals surface area contributed by atoms with Crippen molar-refractivity contribution in [3.05, 3.63) is 87.9 Å². The first-order valence-electron chi connectivity index (χ1n) is 11.3. The van der Waals surface area contributed by atoms with Crippen molar-refractivity contribution in [3.63, 3.8) is 0 Å². The van der Waals surface area contributed by atoms with Gasteiger partial charge in [-0.1, -0.05) is 58.4 Å². The molecule has 0 radical (unpaired) electrons. The lowest BCUT2D eigenvalue weighted by molar-refractivity contribution is -0.157. The summed E-state index contributed by atoms with van der Waals surface area (Å²) in [5.41, 5.74) is 0.184. The molecule has 1 saturated carbocycles. The van der Waals surface area contributed by atoms with Crippen LogP contribution in [0.25, 0.3) is 0 Å². The zero-order chi connectivity index (χ0) is 25.7. The van der Waals surface area contributed by atoms with Gasteiger partial charge in [0.1, 0.15) is 23.4 Å². The summed E-state index contributed by atoms with van der Waals surface area (Å²) in [5, 5.41) is 24.6. The molecule has 36 heavy (non-hydrogen) atoms. The van der Waals surface area contributed by atoms with Crippen molar-refractivity contribution in [3.8, 4) is 17.2 Å². The predicted octanol–water partition coefficient (Wildman–Crippen LogP) is 3.39. The molecule has 0 bridgehead atoms. The van der Waals surface area contributed by atoms with Crippen LogP contribution in [0.2, 0.25) is 0 Å². The highest BCUT2D eigenvalue weighted by molar-refractivity contribution is 9.10. The molecule has 1 heterocycles. The predicted molar refractivity (Wildman–Crippen MR) is 134 cm³/mol. The first kappa shape index (κ1) is 24.6. The molecule has 3 aromatic rings. The highest BCUT2D eigenvalue weighted by Crippen LogP contribution is 2.70. The lowest BCUT2D eigenvalue weighted by atomic mass is 9.70. The van der Waals surface area contributed by atoms with Crippen LogP contribution >= 0.6 is 15.9 Å². The second kappa shape index (κ2) is 9.08. The zero-order valence-corrected chi connectivity index (χ0v) is 21.5. The Morgan fingerprint density at radius 3 is 2.33 bits per heavy atom. The number of nitrogens with one attached hydrogen (secondary N) is 1. The minimum absolute atomic E-state index is 0.245. The van der Waals surface area contributed by atoms with Gasteiger partial charge in [0.25, 0.3) is 0 Å². The van der Waals surface area contributed by atoms with E-state index in [2.05, 4.69) is 21.4 Å². The molecule has 1 aliphatic heterocycles. The lowest BCUT2D eigenvalue weighted by Gasteiger charge is -2.40. The van der Waals surface area contributed by atoms with Gasteiger partial charge in [-0.25, -0.2) is 5.48 Å². The fourth-order valence-electron chi connectivity index (χ4n) is 5.82. The molecular formula is C27H26BrNO7. The van der Waals surface area contributed by atoms with E-state index in [0.29, 0.717) is 22.6 Å². The standard InChI is InChI=1S/C27H26BrNO7/c1-33-18-13-19(34-2)23-20(14-18)36-27(16-9-11-17(28)12-10-16)22(15-7-5-4-6-8-15)21(25(31)29-35-3)24(30)26(23,27)32/h4-14,21-22,24,30,32H,1-3H3,(H,29,31)/t21-,22-,24-,26+,27+/m0/s1. The number of hydrogen-bond acceptors (Lipinski definition) is 7. The third kappa shape index (κ3) is 3.27. The Hall–Kier alpha value is -3.11. The Balaban J connectivity index is 1.88. The van der Waals surface area contributed by atoms with Gasteiger partial charge in [-0.15, -0.1) is 0 Å². The van der Waals surface area contributed by atoms with Crippen LogP contribution in [0, 0.1) is 5.92 Å². The summed E-state index contributed by atoms with van der Waals surface area (Å²) in [6.07, 6.45) is -1.59. The number of halogens is 1. The molecule has 5 atom stereocenters. The summed E-state index contributed by atoms with van der Waals surface area (Å²) in [6.45, 7) is 0. The highest BCUT2D eigenvalue weighted by Gasteiger charge is 2.78. The molecule has 188 valence electrons. The van der Waals surface area contributed by atoms with E-state index in [1.165, 1.54) is 21.3 Å². The lowest BCUT2D eigenvalue weighted by Crippen LogP contribution is -2.52. The average molecular weight is 556 g/mol. The van der Waals surface area contributed by atoms with Gasteiger partial charge < -0.3 is 24.4 Å². The van der Waals surface area contributed by atoms with Gasteiger partial charge in [-0.3, -0.25) is 9.63 Å². The number of amides is 1. The van der Waals surface area contributed by atoms with Crippen molar-refractivity contribution >= 4 is 21.8 Å². The van der Waals surface area contributed by atoms with Crippen LogP contribution in [-0.2, 0) is 20.8 Å². The fraction of sp³-hybridized carbons (Fsp3) is 0.296. The second-order valence-corrected chi connectivity index (χ2v) is 9.76. The SMILES string of the molecule is CONC(=O)[C@@H]1[C@H](O)[C@]2(O)c3c(OC)cc(OC)cc3O[C@]2(c2ccc(Br)cc2)[C@H]1c1ccccc1. The van der Waals surface area contributed by atoms with Crippen LogP contribution in [0.1, 0.15) is 22.6 Å². The van der Waals surface area contributed by atoms with Gasteiger partial charge in [-0.05, 0) is 23.3 Å². The summed E-state index contributed by atoms with van der Waals surface area (Å²) in [5.74, 6) is -1.53. The van der Waals surface area contributed by atoms with E-state index >= 15 is 0 Å². The van der Waals surface area contributed by atoms with Gasteiger partial charge in [-0.2, -0.15) is 0 Å². The van der Waals surface area contributed by atoms with Crippen LogP contribution < -0.4 is 19.7 Å². The van der Waals surface area contributed by atoms with E-state index in [-0.39, 0.29) is 11.3 Å². The number of hydrogen-bond donors (Lipinski definition) is 3. The first-order valence-corrected chi connectivity index (χ1v) is 12.1. The number of fused-ring (bicyclic) bond motifs is 3. The maximum absolute atomic E-state index is 13.4. The van der Waals surface area contributed by atoms with E-state index in [1.807, 2.05) is 54.6 Å². The van der Waals surface area contributed by atoms with Crippen LogP contribution in [0.15, 0.2) is 71.2 Å². The number of rotatable bonds is 6. The minimum atomic E-state index is -2.08. The molecule has 9 heteroatoms. The van der Waals surface area contributed by atoms with Gasteiger partial charge in [0.15, 0.2) is 11.2 Å². The van der Waals surface area contributed by atoms with Crippen LogP contribution in [0.3, 0.4) is 0 Å². The van der Waals surface area contributed by atoms with Gasteiger partial charge in [0.2, 0.25) is 5.91 Å². The third-order valence-corrected chi connectivity index (χ3v) is 7.74. The number of benzene rings is 3. The average Bonchev–Trinajstić information content (AvgIpc) is 3.27. The van der Waals surface area contributed by atoms with Crippen LogP contribution in [0.4, 0.5) is 0 Å². The molecule has 1 fully saturated rings. The highest BCUT2D eigenvalue weighted by atomic mass is 79.9. The Morgan fingerprint density at radius 2 is 1.72 bits per heavy atom. The summed E-state index contributed by atoms with van der Waals surface area (Å²) in [7, 11) is 4.30. The van der Waals surface area contributed by atoms with E-state index in [4.69, 9.17) is 19.0 Å². The maximum Gasteiger partial charge on any atom is 0.250 e. The van der Waals surface area contributed by atoms with Gasteiger partial charge in [0, 0.05) is 22.5 Å². The smallest absolute Gasteiger partial charge is 0.250 e. The van der Waals surface area contributed by atoms with Crippen molar-refractivity contribution in [2.24, 2.45) is 5.92 Å². The van der Waals surface area contributed by atoms with Gasteiger partial charge >= 0.3 is 0 Å². The van der Waals surface area contributed by atoms with Crippen molar-refractivity contribution in [1.82, 2.24) is 5.48 Å².